The topological polar surface area (TPSA) is 187 Å². The summed E-state index contributed by atoms with van der Waals surface area (Å²) in [6.07, 6.45) is 1.23. The maximum absolute atomic E-state index is 14.8. The fourth-order valence-corrected chi connectivity index (χ4v) is 8.36. The lowest BCUT2D eigenvalue weighted by Gasteiger charge is -2.39. The van der Waals surface area contributed by atoms with Crippen LogP contribution in [0.2, 0.25) is 0 Å². The normalized spacial score (nSPS) is 29.4. The summed E-state index contributed by atoms with van der Waals surface area (Å²) in [4.78, 5) is 103. The number of hydrogen-bond donors (Lipinski definition) is 4. The molecule has 0 aromatic heterocycles. The number of carbonyl (C=O) groups is 7. The van der Waals surface area contributed by atoms with E-state index in [4.69, 9.17) is 4.74 Å². The van der Waals surface area contributed by atoms with E-state index in [0.29, 0.717) is 44.3 Å². The summed E-state index contributed by atoms with van der Waals surface area (Å²) in [5, 5.41) is 11.1. The Morgan fingerprint density at radius 2 is 1.39 bits per heavy atom. The van der Waals surface area contributed by atoms with Crippen molar-refractivity contribution in [2.45, 2.75) is 109 Å². The predicted octanol–water partition coefficient (Wildman–Crippen LogP) is 2.21. The Morgan fingerprint density at radius 1 is 0.768 bits per heavy atom. The second-order valence-electron chi connectivity index (χ2n) is 15.8. The Balaban J connectivity index is 1.34. The molecule has 4 aliphatic rings. The van der Waals surface area contributed by atoms with Gasteiger partial charge < -0.3 is 40.7 Å². The summed E-state index contributed by atoms with van der Waals surface area (Å²) in [7, 11) is 0. The highest BCUT2D eigenvalue weighted by Gasteiger charge is 2.48. The molecule has 9 atom stereocenters. The van der Waals surface area contributed by atoms with Crippen LogP contribution in [0.5, 0.6) is 0 Å². The molecule has 56 heavy (non-hydrogen) atoms. The van der Waals surface area contributed by atoms with Gasteiger partial charge >= 0.3 is 12.0 Å². The highest BCUT2D eigenvalue weighted by molar-refractivity contribution is 5.99. The van der Waals surface area contributed by atoms with Gasteiger partial charge in [0.1, 0.15) is 42.4 Å². The number of fused-ring (bicyclic) bond motifs is 3. The number of carbonyl (C=O) groups excluding carboxylic acids is 7. The summed E-state index contributed by atoms with van der Waals surface area (Å²) < 4.78 is 5.97. The molecule has 4 heterocycles. The second-order valence-corrected chi connectivity index (χ2v) is 15.8. The lowest BCUT2D eigenvalue weighted by Crippen LogP contribution is -2.63. The Kier molecular flexibility index (Phi) is 12.6. The van der Waals surface area contributed by atoms with E-state index in [0.717, 1.165) is 5.56 Å². The number of nitrogens with zero attached hydrogens (tertiary/aromatic N) is 3. The zero-order chi connectivity index (χ0) is 40.1. The lowest BCUT2D eigenvalue weighted by molar-refractivity contribution is -0.163. The number of benzene rings is 2. The molecule has 2 aromatic carbocycles. The number of hydrogen-bond acceptors (Lipinski definition) is 8. The van der Waals surface area contributed by atoms with Crippen molar-refractivity contribution in [2.75, 3.05) is 25.0 Å². The van der Waals surface area contributed by atoms with Crippen LogP contribution in [0, 0.1) is 11.8 Å². The fourth-order valence-electron chi connectivity index (χ4n) is 8.36. The van der Waals surface area contributed by atoms with Gasteiger partial charge in [0.15, 0.2) is 0 Å². The van der Waals surface area contributed by atoms with Crippen molar-refractivity contribution in [3.63, 3.8) is 0 Å². The first-order chi connectivity index (χ1) is 26.8. The van der Waals surface area contributed by atoms with Crippen LogP contribution in [0.1, 0.15) is 65.4 Å². The highest BCUT2D eigenvalue weighted by atomic mass is 16.5. The van der Waals surface area contributed by atoms with Gasteiger partial charge in [0.25, 0.3) is 0 Å². The van der Waals surface area contributed by atoms with Crippen LogP contribution >= 0.6 is 0 Å². The second kappa shape index (κ2) is 17.5. The fraction of sp³-hybridized carbons (Fsp3) is 0.537. The average Bonchev–Trinajstić information content (AvgIpc) is 3.78. The largest absolute Gasteiger partial charge is 0.458 e. The molecule has 15 heteroatoms. The quantitative estimate of drug-likeness (QED) is 0.322. The molecule has 0 bridgehead atoms. The molecule has 0 aliphatic carbocycles. The molecule has 0 spiro atoms. The smallest absolute Gasteiger partial charge is 0.329 e. The van der Waals surface area contributed by atoms with Gasteiger partial charge in [-0.1, -0.05) is 62.4 Å². The summed E-state index contributed by atoms with van der Waals surface area (Å²) >= 11 is 0. The van der Waals surface area contributed by atoms with E-state index in [1.165, 1.54) is 21.6 Å². The number of nitrogens with one attached hydrogen (secondary N) is 4. The van der Waals surface area contributed by atoms with Crippen LogP contribution in [-0.2, 0) is 39.9 Å². The zero-order valence-corrected chi connectivity index (χ0v) is 32.4. The van der Waals surface area contributed by atoms with Gasteiger partial charge in [0.2, 0.25) is 29.5 Å². The number of esters is 1. The van der Waals surface area contributed by atoms with Gasteiger partial charge in [-0.2, -0.15) is 0 Å². The van der Waals surface area contributed by atoms with Crippen molar-refractivity contribution in [1.82, 2.24) is 30.7 Å². The average molecular weight is 772 g/mol. The minimum Gasteiger partial charge on any atom is -0.458 e. The molecule has 4 fully saturated rings. The van der Waals surface area contributed by atoms with Crippen LogP contribution in [-0.4, -0.2) is 118 Å². The first-order valence-corrected chi connectivity index (χ1v) is 19.7. The van der Waals surface area contributed by atoms with Gasteiger partial charge in [-0.05, 0) is 75.5 Å². The number of cyclic esters (lactones) is 1. The number of para-hydroxylation sites is 1. The Morgan fingerprint density at radius 3 is 2.07 bits per heavy atom. The van der Waals surface area contributed by atoms with E-state index < -0.39 is 83.9 Å². The maximum atomic E-state index is 14.8. The summed E-state index contributed by atoms with van der Waals surface area (Å²) in [5.41, 5.74) is 1.25. The van der Waals surface area contributed by atoms with Crippen molar-refractivity contribution in [3.8, 4) is 0 Å². The number of piperidine rings is 1. The van der Waals surface area contributed by atoms with Gasteiger partial charge in [-0.15, -0.1) is 0 Å². The number of urea groups is 1. The van der Waals surface area contributed by atoms with Gasteiger partial charge in [0.05, 0.1) is 0 Å². The Labute approximate surface area is 327 Å². The van der Waals surface area contributed by atoms with Crippen molar-refractivity contribution in [1.29, 1.82) is 0 Å². The van der Waals surface area contributed by atoms with E-state index in [9.17, 15) is 33.6 Å². The standard InChI is InChI=1S/C41H53N7O8/c1-24-19-32-38(52)46-18-12-11-17-31(46)36(50)42-26(3)37(51)48-23-25(2)20-33(48)40(54)56-27(4)34(39(53)47(32)22-24)45-35(49)30(21-28-13-7-5-8-14-28)44-41(55)43-29-15-9-6-10-16-29/h5-10,13-16,24-27,30-34H,11-12,17-23H2,1-4H3,(H,42,50)(H,45,49)(H2,43,44,55)/t24?,25-,26+,27+,30+,31+,32+,33+,34+/m1/s1. The van der Waals surface area contributed by atoms with E-state index in [1.807, 2.05) is 44.2 Å². The van der Waals surface area contributed by atoms with Crippen molar-refractivity contribution in [2.24, 2.45) is 11.8 Å². The van der Waals surface area contributed by atoms with E-state index >= 15 is 0 Å². The minimum absolute atomic E-state index is 0.0564. The van der Waals surface area contributed by atoms with Crippen molar-refractivity contribution in [3.05, 3.63) is 66.2 Å². The summed E-state index contributed by atoms with van der Waals surface area (Å²) in [5.74, 6) is -3.57. The van der Waals surface area contributed by atoms with E-state index in [1.54, 1.807) is 37.3 Å². The van der Waals surface area contributed by atoms with Crippen LogP contribution in [0.25, 0.3) is 0 Å². The SMILES string of the molecule is CC1C[C@H]2C(=O)N3CCCC[C@H]3C(=O)N[C@@H](C)C(=O)N3C[C@H](C)C[C@H]3C(=O)O[C@@H](C)[C@H](NC(=O)[C@H](Cc3ccccc3)NC(=O)Nc3ccccc3)C(=O)N2C1. The van der Waals surface area contributed by atoms with Crippen LogP contribution in [0.15, 0.2) is 60.7 Å². The Bertz CT molecular complexity index is 1790. The number of rotatable bonds is 6. The number of anilines is 1. The van der Waals surface area contributed by atoms with Crippen LogP contribution < -0.4 is 21.3 Å². The molecular weight excluding hydrogens is 718 g/mol. The molecule has 7 amide bonds. The van der Waals surface area contributed by atoms with Gasteiger partial charge in [0, 0.05) is 31.7 Å². The van der Waals surface area contributed by atoms with Crippen LogP contribution in [0.3, 0.4) is 0 Å². The molecule has 0 saturated carbocycles. The highest BCUT2D eigenvalue weighted by Crippen LogP contribution is 2.30. The third-order valence-corrected chi connectivity index (χ3v) is 11.2. The molecule has 6 rings (SSSR count). The maximum Gasteiger partial charge on any atom is 0.329 e. The number of amides is 7. The molecule has 0 radical (unpaired) electrons. The first-order valence-electron chi connectivity index (χ1n) is 19.7. The van der Waals surface area contributed by atoms with E-state index in [2.05, 4.69) is 21.3 Å². The van der Waals surface area contributed by atoms with Crippen LogP contribution in [0.4, 0.5) is 10.5 Å². The molecule has 4 saturated heterocycles. The monoisotopic (exact) mass is 771 g/mol. The van der Waals surface area contributed by atoms with Crippen molar-refractivity contribution >= 4 is 47.2 Å². The molecule has 4 aliphatic heterocycles. The third-order valence-electron chi connectivity index (χ3n) is 11.2. The van der Waals surface area contributed by atoms with Gasteiger partial charge in [-0.3, -0.25) is 24.0 Å². The summed E-state index contributed by atoms with van der Waals surface area (Å²) in [6.45, 7) is 7.64. The zero-order valence-electron chi connectivity index (χ0n) is 32.4. The molecule has 2 aromatic rings. The molecule has 300 valence electrons. The first kappa shape index (κ1) is 40.2. The Hall–Kier alpha value is -5.47. The molecule has 4 N–H and O–H groups in total. The van der Waals surface area contributed by atoms with Crippen molar-refractivity contribution < 1.29 is 38.3 Å². The predicted molar refractivity (Wildman–Crippen MR) is 206 cm³/mol. The minimum atomic E-state index is -1.47. The number of ether oxygens (including phenoxy) is 1. The van der Waals surface area contributed by atoms with E-state index in [-0.39, 0.29) is 31.3 Å². The third kappa shape index (κ3) is 9.14. The molecular formula is C41H53N7O8. The van der Waals surface area contributed by atoms with Gasteiger partial charge in [-0.25, -0.2) is 9.59 Å². The molecule has 15 nitrogen and oxygen atoms in total. The lowest BCUT2D eigenvalue weighted by atomic mass is 9.98. The molecule has 1 unspecified atom stereocenters. The summed E-state index contributed by atoms with van der Waals surface area (Å²) in [6, 6.07) is 10.7.